The highest BCUT2D eigenvalue weighted by molar-refractivity contribution is 7.75. The Morgan fingerprint density at radius 1 is 0.295 bits per heavy atom. The molecule has 2 saturated heterocycles. The van der Waals surface area contributed by atoms with E-state index >= 15 is 0 Å². The maximum absolute atomic E-state index is 2.37. The first kappa shape index (κ1) is 91.8. The fourth-order valence-electron chi connectivity index (χ4n) is 9.23. The smallest absolute Gasteiger partial charge is 0.0786 e. The van der Waals surface area contributed by atoms with Crippen molar-refractivity contribution in [3.05, 3.63) is 0 Å². The van der Waals surface area contributed by atoms with Crippen LogP contribution in [0.5, 0.6) is 0 Å². The van der Waals surface area contributed by atoms with Crippen molar-refractivity contribution in [1.82, 2.24) is 0 Å². The van der Waals surface area contributed by atoms with E-state index in [2.05, 4.69) is 223 Å². The van der Waals surface area contributed by atoms with Gasteiger partial charge in [-0.1, -0.05) is 53.4 Å². The lowest BCUT2D eigenvalue weighted by atomic mass is 10.1. The van der Waals surface area contributed by atoms with Gasteiger partial charge in [0.1, 0.15) is 0 Å². The number of hydrogen-bond acceptors (Lipinski definition) is 0. The van der Waals surface area contributed by atoms with Crippen LogP contribution >= 0.6 is 7.26 Å². The fourth-order valence-corrected chi connectivity index (χ4v) is 14.5. The predicted molar refractivity (Wildman–Crippen MR) is 370 cm³/mol. The number of hydrogen-bond donors (Lipinski definition) is 0. The van der Waals surface area contributed by atoms with Crippen LogP contribution in [0, 0.1) is 0 Å². The van der Waals surface area contributed by atoms with Crippen LogP contribution in [0.15, 0.2) is 0 Å². The molecule has 8 nitrogen and oxygen atoms in total. The van der Waals surface area contributed by atoms with Crippen LogP contribution in [-0.4, -0.2) is 276 Å². The van der Waals surface area contributed by atoms with Gasteiger partial charge in [-0.3, -0.25) is 0 Å². The standard InChI is InChI=1S/C16H36P.C8H18N.2C8H20N.C7H16N.C7H18N.C6H16N.C5H14N.C4H12N/c1-5-9-13-17(14-10-6-2,15-11-7-3)16-12-8-4;1-3-9(2)7-5-4-6-8-9;2*1-5-9(6-2,7-3)8-4;1-3-8(2)6-4-5-7-8;1-5-8(4,6-2)7-3;1-5-7(3,4)6-2;1-5-6(2,3)4;1-5(2,3)4/h5-16H2,1-4H3;3-8H2,1-2H3;2*5-8H2,1-4H3;3-7H2,1-2H3;5-7H2,1-4H3;5-6H2,1-4H3;5H2,1-4H3;1-4H3/q9*+1. The van der Waals surface area contributed by atoms with E-state index in [1.165, 1.54) is 237 Å². The van der Waals surface area contributed by atoms with Gasteiger partial charge in [0, 0.05) is 20.1 Å². The van der Waals surface area contributed by atoms with E-state index < -0.39 is 7.26 Å². The summed E-state index contributed by atoms with van der Waals surface area (Å²) in [6.45, 7) is 71.5. The summed E-state index contributed by atoms with van der Waals surface area (Å²) in [5.74, 6) is 0. The van der Waals surface area contributed by atoms with Gasteiger partial charge >= 0.3 is 0 Å². The molecule has 2 heterocycles. The highest BCUT2D eigenvalue weighted by atomic mass is 31.2. The summed E-state index contributed by atoms with van der Waals surface area (Å²) in [6, 6.07) is 0. The predicted octanol–water partition coefficient (Wildman–Crippen LogP) is 16.5. The van der Waals surface area contributed by atoms with E-state index in [0.717, 1.165) is 13.4 Å². The number of likely N-dealkylation sites (tertiary alicyclic amines) is 2. The Morgan fingerprint density at radius 3 is 0.590 bits per heavy atom. The van der Waals surface area contributed by atoms with Crippen LogP contribution in [-0.2, 0) is 0 Å². The third kappa shape index (κ3) is 56.6. The lowest BCUT2D eigenvalue weighted by molar-refractivity contribution is -0.921. The van der Waals surface area contributed by atoms with Gasteiger partial charge in [-0.2, -0.15) is 0 Å². The van der Waals surface area contributed by atoms with Crippen LogP contribution in [0.3, 0.4) is 0 Å². The summed E-state index contributed by atoms with van der Waals surface area (Å²) in [5.41, 5.74) is 0. The number of quaternary nitrogens is 8. The van der Waals surface area contributed by atoms with E-state index in [1.807, 2.05) is 0 Å². The first-order valence-electron chi connectivity index (χ1n) is 34.6. The molecule has 0 aliphatic carbocycles. The largest absolute Gasteiger partial charge is 0.333 e. The van der Waals surface area contributed by atoms with Crippen molar-refractivity contribution >= 4 is 7.26 Å². The molecule has 9 heteroatoms. The number of unbranched alkanes of at least 4 members (excludes halogenated alkanes) is 4. The maximum Gasteiger partial charge on any atom is 0.0786 e. The van der Waals surface area contributed by atoms with Gasteiger partial charge in [0.15, 0.2) is 0 Å². The van der Waals surface area contributed by atoms with Crippen molar-refractivity contribution < 1.29 is 35.9 Å². The Hall–Kier alpha value is 0.110. The zero-order chi connectivity index (χ0) is 62.7. The normalized spacial score (nSPS) is 15.1. The fraction of sp³-hybridized carbons (Fsp3) is 1.00. The third-order valence-electron chi connectivity index (χ3n) is 19.3. The van der Waals surface area contributed by atoms with Gasteiger partial charge in [0.05, 0.1) is 240 Å². The molecule has 0 saturated carbocycles. The van der Waals surface area contributed by atoms with Crippen molar-refractivity contribution in [3.8, 4) is 0 Å². The van der Waals surface area contributed by atoms with Crippen molar-refractivity contribution in [1.29, 1.82) is 0 Å². The van der Waals surface area contributed by atoms with Crippen molar-refractivity contribution in [2.75, 3.05) is 240 Å². The van der Waals surface area contributed by atoms with Crippen molar-refractivity contribution in [2.24, 2.45) is 0 Å². The van der Waals surface area contributed by atoms with E-state index in [-0.39, 0.29) is 0 Å². The average Bonchev–Trinajstić information content (AvgIpc) is 3.89. The lowest BCUT2D eigenvalue weighted by Gasteiger charge is -2.36. The molecule has 0 aromatic rings. The molecule has 0 aromatic carbocycles. The van der Waals surface area contributed by atoms with Gasteiger partial charge in [0.2, 0.25) is 0 Å². The molecule has 78 heavy (non-hydrogen) atoms. The molecule has 0 spiro atoms. The molecule has 0 N–H and O–H groups in total. The van der Waals surface area contributed by atoms with Crippen LogP contribution < -0.4 is 0 Å². The first-order valence-corrected chi connectivity index (χ1v) is 37.1. The van der Waals surface area contributed by atoms with Crippen LogP contribution in [0.25, 0.3) is 0 Å². The Morgan fingerprint density at radius 2 is 0.500 bits per heavy atom. The second kappa shape index (κ2) is 53.8. The number of nitrogens with zero attached hydrogens (tertiary/aromatic N) is 8. The van der Waals surface area contributed by atoms with E-state index in [9.17, 15) is 0 Å². The molecule has 0 unspecified atom stereocenters. The maximum atomic E-state index is 2.37. The first-order chi connectivity index (χ1) is 36.1. The summed E-state index contributed by atoms with van der Waals surface area (Å²) < 4.78 is 9.61. The highest BCUT2D eigenvalue weighted by Gasteiger charge is 2.34. The van der Waals surface area contributed by atoms with Gasteiger partial charge in [-0.05, 0) is 156 Å². The zero-order valence-corrected chi connectivity index (χ0v) is 63.1. The summed E-state index contributed by atoms with van der Waals surface area (Å²) in [4.78, 5) is 0. The summed E-state index contributed by atoms with van der Waals surface area (Å²) in [7, 11) is 26.0. The molecule has 2 aliphatic heterocycles. The topological polar surface area (TPSA) is 0 Å². The third-order valence-corrected chi connectivity index (χ3v) is 24.4. The Kier molecular flexibility index (Phi) is 63.4. The number of rotatable bonds is 28. The van der Waals surface area contributed by atoms with E-state index in [0.29, 0.717) is 0 Å². The van der Waals surface area contributed by atoms with Gasteiger partial charge in [0.25, 0.3) is 0 Å². The quantitative estimate of drug-likeness (QED) is 0.0541. The van der Waals surface area contributed by atoms with Crippen LogP contribution in [0.4, 0.5) is 0 Å². The Balaban J connectivity index is -0.000000149. The molecule has 0 bridgehead atoms. The molecule has 482 valence electrons. The number of piperidine rings is 1. The molecule has 2 fully saturated rings. The molecular formula is C69H170N8P+9. The van der Waals surface area contributed by atoms with Crippen LogP contribution in [0.1, 0.15) is 222 Å². The second-order valence-electron chi connectivity index (χ2n) is 27.8. The molecule has 0 radical (unpaired) electrons. The summed E-state index contributed by atoms with van der Waals surface area (Å²) in [6.07, 6.45) is 25.2. The second-order valence-corrected chi connectivity index (χ2v) is 32.3. The SMILES string of the molecule is CCCC[P+](CCCC)(CCCC)CCCC.CC[N+](C)(C)C.CC[N+](C)(C)CC.CC[N+](C)(CC)CC.CC[N+](CC)(CC)CC.CC[N+](CC)(CC)CC.CC[N+]1(C)CCCC1.CC[N+]1(C)CCCCC1.C[N+](C)(C)C. The summed E-state index contributed by atoms with van der Waals surface area (Å²) >= 11 is 0. The molecule has 2 rings (SSSR count). The van der Waals surface area contributed by atoms with Crippen LogP contribution in [0.2, 0.25) is 0 Å². The van der Waals surface area contributed by atoms with Gasteiger partial charge in [-0.25, -0.2) is 0 Å². The minimum absolute atomic E-state index is 0.562. The minimum atomic E-state index is -0.562. The van der Waals surface area contributed by atoms with Gasteiger partial charge < -0.3 is 35.9 Å². The molecule has 0 aromatic heterocycles. The Bertz CT molecular complexity index is 1050. The van der Waals surface area contributed by atoms with Crippen molar-refractivity contribution in [2.45, 2.75) is 222 Å². The zero-order valence-electron chi connectivity index (χ0n) is 62.2. The van der Waals surface area contributed by atoms with E-state index in [4.69, 9.17) is 0 Å². The van der Waals surface area contributed by atoms with Gasteiger partial charge in [-0.15, -0.1) is 0 Å². The molecule has 0 amide bonds. The summed E-state index contributed by atoms with van der Waals surface area (Å²) in [5, 5.41) is 0. The highest BCUT2D eigenvalue weighted by Crippen LogP contribution is 2.61. The molecule has 2 aliphatic rings. The van der Waals surface area contributed by atoms with Crippen molar-refractivity contribution in [3.63, 3.8) is 0 Å². The monoisotopic (exact) mass is 1140 g/mol. The minimum Gasteiger partial charge on any atom is -0.333 e. The average molecular weight is 1140 g/mol. The van der Waals surface area contributed by atoms with E-state index in [1.54, 1.807) is 24.6 Å². The molecule has 0 atom stereocenters. The lowest BCUT2D eigenvalue weighted by Crippen LogP contribution is -2.47. The molecular weight excluding hydrogens is 972 g/mol. The Labute approximate surface area is 502 Å².